The summed E-state index contributed by atoms with van der Waals surface area (Å²) in [5, 5.41) is 0. The molecular formula is C19H46O6Si4. The molecule has 0 N–H and O–H groups in total. The molecule has 0 aromatic carbocycles. The van der Waals surface area contributed by atoms with E-state index in [4.69, 9.17) is 27.2 Å². The number of rotatable bonds is 10. The first kappa shape index (κ1) is 27.7. The first-order valence-electron chi connectivity index (χ1n) is 10.7. The van der Waals surface area contributed by atoms with E-state index < -0.39 is 39.6 Å². The van der Waals surface area contributed by atoms with Gasteiger partial charge in [-0.1, -0.05) is 0 Å². The van der Waals surface area contributed by atoms with Crippen molar-refractivity contribution >= 4 is 33.3 Å². The predicted molar refractivity (Wildman–Crippen MR) is 130 cm³/mol. The van der Waals surface area contributed by atoms with Gasteiger partial charge < -0.3 is 27.2 Å². The highest BCUT2D eigenvalue weighted by Gasteiger charge is 2.51. The van der Waals surface area contributed by atoms with Gasteiger partial charge in [0.1, 0.15) is 24.4 Å². The normalized spacial score (nSPS) is 29.9. The van der Waals surface area contributed by atoms with E-state index >= 15 is 0 Å². The number of hydrogen-bond donors (Lipinski definition) is 0. The molecule has 0 radical (unpaired) electrons. The largest absolute Gasteiger partial charge is 0.415 e. The summed E-state index contributed by atoms with van der Waals surface area (Å²) in [6, 6.07) is 0. The van der Waals surface area contributed by atoms with E-state index in [1.54, 1.807) is 7.11 Å². The van der Waals surface area contributed by atoms with Crippen LogP contribution in [0.4, 0.5) is 0 Å². The van der Waals surface area contributed by atoms with Crippen LogP contribution in [0.25, 0.3) is 0 Å². The van der Waals surface area contributed by atoms with Crippen molar-refractivity contribution in [2.45, 2.75) is 109 Å². The van der Waals surface area contributed by atoms with Gasteiger partial charge in [0, 0.05) is 7.11 Å². The Hall–Kier alpha value is 0.628. The maximum absolute atomic E-state index is 6.72. The van der Waals surface area contributed by atoms with Crippen LogP contribution in [0, 0.1) is 0 Å². The predicted octanol–water partition coefficient (Wildman–Crippen LogP) is 4.87. The van der Waals surface area contributed by atoms with Crippen LogP contribution in [0.3, 0.4) is 0 Å². The van der Waals surface area contributed by atoms with Crippen molar-refractivity contribution in [3.8, 4) is 0 Å². The monoisotopic (exact) mass is 482 g/mol. The van der Waals surface area contributed by atoms with Crippen LogP contribution in [0.1, 0.15) is 0 Å². The minimum Gasteiger partial charge on any atom is -0.415 e. The maximum Gasteiger partial charge on any atom is 0.185 e. The molecule has 10 heteroatoms. The molecule has 1 aliphatic rings. The third-order valence-corrected chi connectivity index (χ3v) is 7.94. The van der Waals surface area contributed by atoms with Crippen LogP contribution < -0.4 is 0 Å². The van der Waals surface area contributed by atoms with Gasteiger partial charge in [0.25, 0.3) is 0 Å². The summed E-state index contributed by atoms with van der Waals surface area (Å²) in [6.07, 6.45) is -1.55. The molecule has 1 aliphatic heterocycles. The second-order valence-electron chi connectivity index (χ2n) is 11.8. The topological polar surface area (TPSA) is 55.4 Å². The lowest BCUT2D eigenvalue weighted by molar-refractivity contribution is -0.283. The molecule has 0 aliphatic carbocycles. The quantitative estimate of drug-likeness (QED) is 0.414. The molecule has 1 heterocycles. The Bertz CT molecular complexity index is 507. The van der Waals surface area contributed by atoms with Crippen molar-refractivity contribution in [2.24, 2.45) is 0 Å². The molecule has 0 aromatic rings. The van der Waals surface area contributed by atoms with Gasteiger partial charge >= 0.3 is 0 Å². The summed E-state index contributed by atoms with van der Waals surface area (Å²) in [5.41, 5.74) is 0. The van der Waals surface area contributed by atoms with Crippen LogP contribution in [-0.4, -0.2) is 77.7 Å². The van der Waals surface area contributed by atoms with E-state index in [-0.39, 0.29) is 24.4 Å². The van der Waals surface area contributed by atoms with Crippen molar-refractivity contribution in [1.82, 2.24) is 0 Å². The summed E-state index contributed by atoms with van der Waals surface area (Å²) in [7, 11) is -5.66. The van der Waals surface area contributed by atoms with Crippen molar-refractivity contribution in [1.29, 1.82) is 0 Å². The smallest absolute Gasteiger partial charge is 0.185 e. The first-order valence-corrected chi connectivity index (χ1v) is 24.3. The molecule has 1 saturated heterocycles. The second kappa shape index (κ2) is 10.1. The Morgan fingerprint density at radius 3 is 1.38 bits per heavy atom. The fourth-order valence-corrected chi connectivity index (χ4v) is 7.07. The summed E-state index contributed by atoms with van der Waals surface area (Å²) in [5.74, 6) is 0. The van der Waals surface area contributed by atoms with Gasteiger partial charge in [-0.15, -0.1) is 0 Å². The number of methoxy groups -OCH3 is 1. The van der Waals surface area contributed by atoms with Crippen molar-refractivity contribution in [3.05, 3.63) is 0 Å². The van der Waals surface area contributed by atoms with Gasteiger partial charge in [0.05, 0.1) is 6.61 Å². The van der Waals surface area contributed by atoms with Crippen LogP contribution in [0.15, 0.2) is 0 Å². The van der Waals surface area contributed by atoms with Gasteiger partial charge in [-0.25, -0.2) is 0 Å². The number of ether oxygens (including phenoxy) is 2. The highest BCUT2D eigenvalue weighted by atomic mass is 28.4. The SMILES string of the molecule is CO[C@H]1O[C@H](CO[Si](C)(C)C)[C@H](O[Si](C)(C)C)[C@H](O[Si](C)(C)C)[C@@H]1O[Si](C)(C)C. The van der Waals surface area contributed by atoms with Gasteiger partial charge in [0.15, 0.2) is 39.6 Å². The van der Waals surface area contributed by atoms with Crippen molar-refractivity contribution < 1.29 is 27.2 Å². The molecule has 0 unspecified atom stereocenters. The van der Waals surface area contributed by atoms with E-state index in [1.807, 2.05) is 0 Å². The van der Waals surface area contributed by atoms with Crippen LogP contribution in [-0.2, 0) is 27.2 Å². The van der Waals surface area contributed by atoms with E-state index in [2.05, 4.69) is 78.6 Å². The van der Waals surface area contributed by atoms with E-state index in [0.29, 0.717) is 6.61 Å². The number of hydrogen-bond acceptors (Lipinski definition) is 6. The molecule has 6 nitrogen and oxygen atoms in total. The third-order valence-electron chi connectivity index (χ3n) is 3.97. The fraction of sp³-hybridized carbons (Fsp3) is 1.00. The Morgan fingerprint density at radius 2 is 1.00 bits per heavy atom. The Balaban J connectivity index is 3.34. The molecule has 1 rings (SSSR count). The maximum atomic E-state index is 6.72. The van der Waals surface area contributed by atoms with E-state index in [0.717, 1.165) is 0 Å². The highest BCUT2D eigenvalue weighted by Crippen LogP contribution is 2.34. The molecule has 0 saturated carbocycles. The lowest BCUT2D eigenvalue weighted by Crippen LogP contribution is -2.66. The first-order chi connectivity index (χ1) is 12.8. The van der Waals surface area contributed by atoms with Gasteiger partial charge in [-0.2, -0.15) is 0 Å². The minimum atomic E-state index is -1.88. The Labute approximate surface area is 183 Å². The second-order valence-corrected chi connectivity index (χ2v) is 29.7. The Morgan fingerprint density at radius 1 is 0.586 bits per heavy atom. The standard InChI is InChI=1S/C19H46O6Si4/c1-20-19-18(25-29(11,12)13)17(24-28(8,9)10)16(23-27(5,6)7)15(22-19)14-21-26(2,3)4/h15-19H,14H2,1-13H3/t15-,16+,17+,18+,19+/m1/s1. The summed E-state index contributed by atoms with van der Waals surface area (Å²) < 4.78 is 38.4. The molecule has 0 amide bonds. The molecule has 5 atom stereocenters. The van der Waals surface area contributed by atoms with Crippen LogP contribution in [0.5, 0.6) is 0 Å². The lowest BCUT2D eigenvalue weighted by Gasteiger charge is -2.50. The molecule has 29 heavy (non-hydrogen) atoms. The average Bonchev–Trinajstić information content (AvgIpc) is 2.44. The summed E-state index contributed by atoms with van der Waals surface area (Å²) in [6.45, 7) is 26.8. The zero-order chi connectivity index (χ0) is 22.8. The van der Waals surface area contributed by atoms with E-state index in [1.165, 1.54) is 0 Å². The summed E-state index contributed by atoms with van der Waals surface area (Å²) >= 11 is 0. The molecule has 0 aromatic heterocycles. The zero-order valence-electron chi connectivity index (χ0n) is 21.0. The van der Waals surface area contributed by atoms with E-state index in [9.17, 15) is 0 Å². The van der Waals surface area contributed by atoms with Crippen LogP contribution >= 0.6 is 0 Å². The van der Waals surface area contributed by atoms with Gasteiger partial charge in [-0.05, 0) is 78.6 Å². The average molecular weight is 483 g/mol. The molecule has 0 bridgehead atoms. The van der Waals surface area contributed by atoms with Gasteiger partial charge in [0.2, 0.25) is 0 Å². The van der Waals surface area contributed by atoms with Crippen molar-refractivity contribution in [3.63, 3.8) is 0 Å². The van der Waals surface area contributed by atoms with Crippen molar-refractivity contribution in [2.75, 3.05) is 13.7 Å². The highest BCUT2D eigenvalue weighted by molar-refractivity contribution is 6.71. The zero-order valence-corrected chi connectivity index (χ0v) is 25.0. The molecular weight excluding hydrogens is 437 g/mol. The Kier molecular flexibility index (Phi) is 9.59. The fourth-order valence-electron chi connectivity index (χ4n) is 3.16. The minimum absolute atomic E-state index is 0.238. The third kappa shape index (κ3) is 10.7. The molecule has 1 fully saturated rings. The van der Waals surface area contributed by atoms with Crippen LogP contribution in [0.2, 0.25) is 78.6 Å². The summed E-state index contributed by atoms with van der Waals surface area (Å²) in [4.78, 5) is 0. The van der Waals surface area contributed by atoms with Gasteiger partial charge in [-0.3, -0.25) is 0 Å². The molecule has 0 spiro atoms. The lowest BCUT2D eigenvalue weighted by atomic mass is 9.99. The molecule has 174 valence electrons.